The minimum Gasteiger partial charge on any atom is -0.369 e. The zero-order valence-electron chi connectivity index (χ0n) is 10.9. The molecule has 0 amide bonds. The second kappa shape index (κ2) is 5.02. The molecule has 0 saturated carbocycles. The van der Waals surface area contributed by atoms with E-state index in [0.717, 1.165) is 0 Å². The van der Waals surface area contributed by atoms with E-state index in [9.17, 15) is 4.39 Å². The largest absolute Gasteiger partial charge is 0.369 e. The van der Waals surface area contributed by atoms with Crippen molar-refractivity contribution in [2.24, 2.45) is 0 Å². The number of nitrogens with zero attached hydrogens (tertiary/aromatic N) is 2. The third-order valence-electron chi connectivity index (χ3n) is 2.96. The summed E-state index contributed by atoms with van der Waals surface area (Å²) in [7, 11) is 0. The maximum absolute atomic E-state index is 14.2. The van der Waals surface area contributed by atoms with Gasteiger partial charge in [-0.1, -0.05) is 0 Å². The molecule has 100 valence electrons. The molecule has 0 bridgehead atoms. The van der Waals surface area contributed by atoms with Crippen molar-refractivity contribution in [1.82, 2.24) is 4.98 Å². The van der Waals surface area contributed by atoms with Crippen LogP contribution in [0.2, 0.25) is 0 Å². The van der Waals surface area contributed by atoms with Crippen LogP contribution in [-0.4, -0.2) is 29.8 Å². The molecule has 18 heavy (non-hydrogen) atoms. The maximum Gasteiger partial charge on any atom is 0.170 e. The Kier molecular flexibility index (Phi) is 3.78. The standard InChI is InChI=1S/C13H18ClFN2O/c1-9-7-17(8-13(2,3)18-9)12-11(15)10(6-14)4-5-16-12/h4-5,9H,6-8H2,1-3H3. The van der Waals surface area contributed by atoms with Crippen LogP contribution in [0.25, 0.3) is 0 Å². The second-order valence-corrected chi connectivity index (χ2v) is 5.58. The molecule has 1 aromatic heterocycles. The Hall–Kier alpha value is -0.870. The molecule has 3 nitrogen and oxygen atoms in total. The number of halogens is 2. The normalized spacial score (nSPS) is 23.2. The number of anilines is 1. The lowest BCUT2D eigenvalue weighted by molar-refractivity contribution is -0.0753. The minimum atomic E-state index is -0.322. The Morgan fingerprint density at radius 3 is 2.94 bits per heavy atom. The fourth-order valence-electron chi connectivity index (χ4n) is 2.41. The molecule has 0 radical (unpaired) electrons. The van der Waals surface area contributed by atoms with Crippen molar-refractivity contribution in [2.75, 3.05) is 18.0 Å². The van der Waals surface area contributed by atoms with Crippen LogP contribution in [0.4, 0.5) is 10.2 Å². The summed E-state index contributed by atoms with van der Waals surface area (Å²) in [5, 5.41) is 0. The van der Waals surface area contributed by atoms with E-state index in [2.05, 4.69) is 4.98 Å². The number of hydrogen-bond donors (Lipinski definition) is 0. The lowest BCUT2D eigenvalue weighted by Gasteiger charge is -2.42. The van der Waals surface area contributed by atoms with Crippen molar-refractivity contribution in [2.45, 2.75) is 38.4 Å². The van der Waals surface area contributed by atoms with Gasteiger partial charge in [-0.25, -0.2) is 9.37 Å². The van der Waals surface area contributed by atoms with E-state index in [4.69, 9.17) is 16.3 Å². The van der Waals surface area contributed by atoms with Crippen LogP contribution in [0, 0.1) is 5.82 Å². The molecule has 0 aromatic carbocycles. The Balaban J connectivity index is 2.31. The van der Waals surface area contributed by atoms with E-state index < -0.39 is 0 Å². The lowest BCUT2D eigenvalue weighted by Crippen LogP contribution is -2.52. The Bertz CT molecular complexity index is 439. The fraction of sp³-hybridized carbons (Fsp3) is 0.615. The highest BCUT2D eigenvalue weighted by Gasteiger charge is 2.33. The Morgan fingerprint density at radius 1 is 1.61 bits per heavy atom. The van der Waals surface area contributed by atoms with Gasteiger partial charge in [0.2, 0.25) is 0 Å². The molecular weight excluding hydrogens is 255 g/mol. The van der Waals surface area contributed by atoms with Gasteiger partial charge in [0, 0.05) is 24.8 Å². The molecule has 1 unspecified atom stereocenters. The summed E-state index contributed by atoms with van der Waals surface area (Å²) < 4.78 is 20.0. The molecule has 1 fully saturated rings. The Morgan fingerprint density at radius 2 is 2.33 bits per heavy atom. The summed E-state index contributed by atoms with van der Waals surface area (Å²) in [5.41, 5.74) is 0.182. The molecule has 1 aliphatic heterocycles. The van der Waals surface area contributed by atoms with E-state index in [-0.39, 0.29) is 23.4 Å². The van der Waals surface area contributed by atoms with E-state index in [0.29, 0.717) is 24.5 Å². The van der Waals surface area contributed by atoms with Gasteiger partial charge in [-0.15, -0.1) is 11.6 Å². The van der Waals surface area contributed by atoms with Gasteiger partial charge in [0.15, 0.2) is 11.6 Å². The van der Waals surface area contributed by atoms with Crippen LogP contribution in [-0.2, 0) is 10.6 Å². The summed E-state index contributed by atoms with van der Waals surface area (Å²) in [4.78, 5) is 6.08. The predicted molar refractivity (Wildman–Crippen MR) is 70.6 cm³/mol. The molecule has 0 spiro atoms. The number of rotatable bonds is 2. The van der Waals surface area contributed by atoms with Gasteiger partial charge < -0.3 is 9.64 Å². The summed E-state index contributed by atoms with van der Waals surface area (Å²) in [6, 6.07) is 1.61. The quantitative estimate of drug-likeness (QED) is 0.774. The lowest BCUT2D eigenvalue weighted by atomic mass is 10.1. The van der Waals surface area contributed by atoms with Gasteiger partial charge in [0.05, 0.1) is 17.6 Å². The molecule has 5 heteroatoms. The molecule has 0 aliphatic carbocycles. The number of pyridine rings is 1. The molecule has 1 atom stereocenters. The zero-order valence-corrected chi connectivity index (χ0v) is 11.7. The summed E-state index contributed by atoms with van der Waals surface area (Å²) in [6.07, 6.45) is 1.65. The predicted octanol–water partition coefficient (Wildman–Crippen LogP) is 2.96. The first-order valence-corrected chi connectivity index (χ1v) is 6.58. The van der Waals surface area contributed by atoms with E-state index in [1.54, 1.807) is 12.3 Å². The third kappa shape index (κ3) is 2.75. The van der Waals surface area contributed by atoms with E-state index >= 15 is 0 Å². The molecule has 1 aliphatic rings. The number of hydrogen-bond acceptors (Lipinski definition) is 3. The SMILES string of the molecule is CC1CN(c2nccc(CCl)c2F)CC(C)(C)O1. The van der Waals surface area contributed by atoms with Gasteiger partial charge in [-0.3, -0.25) is 0 Å². The van der Waals surface area contributed by atoms with Gasteiger partial charge in [-0.05, 0) is 26.8 Å². The highest BCUT2D eigenvalue weighted by molar-refractivity contribution is 6.17. The van der Waals surface area contributed by atoms with Crippen molar-refractivity contribution in [1.29, 1.82) is 0 Å². The number of alkyl halides is 1. The smallest absolute Gasteiger partial charge is 0.170 e. The van der Waals surface area contributed by atoms with E-state index in [1.807, 2.05) is 25.7 Å². The Labute approximate surface area is 112 Å². The average Bonchev–Trinajstić information content (AvgIpc) is 2.26. The first kappa shape index (κ1) is 13.6. The minimum absolute atomic E-state index is 0.0506. The van der Waals surface area contributed by atoms with Crippen molar-refractivity contribution >= 4 is 17.4 Å². The number of morpholine rings is 1. The van der Waals surface area contributed by atoms with Gasteiger partial charge in [0.25, 0.3) is 0 Å². The van der Waals surface area contributed by atoms with Crippen LogP contribution >= 0.6 is 11.6 Å². The average molecular weight is 273 g/mol. The first-order valence-electron chi connectivity index (χ1n) is 6.05. The van der Waals surface area contributed by atoms with Crippen LogP contribution in [0.3, 0.4) is 0 Å². The van der Waals surface area contributed by atoms with Crippen LogP contribution in [0.15, 0.2) is 12.3 Å². The molecule has 0 N–H and O–H groups in total. The molecule has 1 saturated heterocycles. The molecular formula is C13H18ClFN2O. The van der Waals surface area contributed by atoms with Crippen molar-refractivity contribution in [3.63, 3.8) is 0 Å². The van der Waals surface area contributed by atoms with Gasteiger partial charge >= 0.3 is 0 Å². The molecule has 2 heterocycles. The maximum atomic E-state index is 14.2. The summed E-state index contributed by atoms with van der Waals surface area (Å²) in [6.45, 7) is 7.24. The molecule has 2 rings (SSSR count). The summed E-state index contributed by atoms with van der Waals surface area (Å²) >= 11 is 5.72. The van der Waals surface area contributed by atoms with Crippen LogP contribution in [0.1, 0.15) is 26.3 Å². The monoisotopic (exact) mass is 272 g/mol. The van der Waals surface area contributed by atoms with Crippen molar-refractivity contribution in [3.05, 3.63) is 23.6 Å². The highest BCUT2D eigenvalue weighted by atomic mass is 35.5. The van der Waals surface area contributed by atoms with Crippen molar-refractivity contribution in [3.8, 4) is 0 Å². The van der Waals surface area contributed by atoms with Crippen LogP contribution in [0.5, 0.6) is 0 Å². The molecule has 1 aromatic rings. The van der Waals surface area contributed by atoms with Gasteiger partial charge in [0.1, 0.15) is 0 Å². The third-order valence-corrected chi connectivity index (χ3v) is 3.25. The van der Waals surface area contributed by atoms with E-state index in [1.165, 1.54) is 0 Å². The fourth-order valence-corrected chi connectivity index (χ4v) is 2.62. The number of aromatic nitrogens is 1. The number of ether oxygens (including phenoxy) is 1. The van der Waals surface area contributed by atoms with Crippen molar-refractivity contribution < 1.29 is 9.13 Å². The first-order chi connectivity index (χ1) is 8.43. The summed E-state index contributed by atoms with van der Waals surface area (Å²) in [5.74, 6) is 0.207. The van der Waals surface area contributed by atoms with Crippen LogP contribution < -0.4 is 4.90 Å². The second-order valence-electron chi connectivity index (χ2n) is 5.31. The van der Waals surface area contributed by atoms with Gasteiger partial charge in [-0.2, -0.15) is 0 Å². The topological polar surface area (TPSA) is 25.4 Å². The zero-order chi connectivity index (χ0) is 13.3. The highest BCUT2D eigenvalue weighted by Crippen LogP contribution is 2.27.